The van der Waals surface area contributed by atoms with Gasteiger partial charge < -0.3 is 20.1 Å². The smallest absolute Gasteiger partial charge is 0.293 e. The van der Waals surface area contributed by atoms with Gasteiger partial charge in [-0.3, -0.25) is 4.79 Å². The standard InChI is InChI=1S/C15H18BrN5O/c1-20-10-13(16)19-14(15(20)22)18-11-2-4-12(5-3-11)21-8-6-17-7-9-21/h2-5,10,17H,6-9H2,1H3,(H,18,19). The fraction of sp³-hybridized carbons (Fsp3) is 0.333. The molecule has 7 heteroatoms. The first-order valence-corrected chi connectivity index (χ1v) is 7.99. The summed E-state index contributed by atoms with van der Waals surface area (Å²) in [4.78, 5) is 18.6. The highest BCUT2D eigenvalue weighted by Crippen LogP contribution is 2.20. The van der Waals surface area contributed by atoms with Gasteiger partial charge in [-0.15, -0.1) is 0 Å². The van der Waals surface area contributed by atoms with Gasteiger partial charge in [-0.2, -0.15) is 0 Å². The van der Waals surface area contributed by atoms with Crippen LogP contribution in [-0.2, 0) is 7.05 Å². The maximum absolute atomic E-state index is 12.0. The summed E-state index contributed by atoms with van der Waals surface area (Å²) in [5.74, 6) is 0.312. The van der Waals surface area contributed by atoms with Gasteiger partial charge in [-0.05, 0) is 40.2 Å². The van der Waals surface area contributed by atoms with Gasteiger partial charge in [0.15, 0.2) is 5.82 Å². The molecule has 0 amide bonds. The molecule has 1 aliphatic rings. The van der Waals surface area contributed by atoms with Crippen LogP contribution in [0.3, 0.4) is 0 Å². The molecule has 1 aromatic carbocycles. The van der Waals surface area contributed by atoms with E-state index < -0.39 is 0 Å². The van der Waals surface area contributed by atoms with Crippen LogP contribution in [-0.4, -0.2) is 35.7 Å². The third-order valence-electron chi connectivity index (χ3n) is 3.65. The predicted molar refractivity (Wildman–Crippen MR) is 92.0 cm³/mol. The highest BCUT2D eigenvalue weighted by atomic mass is 79.9. The highest BCUT2D eigenvalue weighted by molar-refractivity contribution is 9.10. The van der Waals surface area contributed by atoms with Crippen molar-refractivity contribution in [1.29, 1.82) is 0 Å². The SMILES string of the molecule is Cn1cc(Br)nc(Nc2ccc(N3CCNCC3)cc2)c1=O. The normalized spacial score (nSPS) is 14.9. The molecule has 0 saturated carbocycles. The quantitative estimate of drug-likeness (QED) is 0.868. The number of aryl methyl sites for hydroxylation is 1. The minimum absolute atomic E-state index is 0.158. The minimum atomic E-state index is -0.158. The summed E-state index contributed by atoms with van der Waals surface area (Å²) in [6.07, 6.45) is 1.64. The van der Waals surface area contributed by atoms with E-state index in [2.05, 4.69) is 48.6 Å². The molecule has 2 N–H and O–H groups in total. The van der Waals surface area contributed by atoms with Crippen LogP contribution in [0.15, 0.2) is 39.9 Å². The van der Waals surface area contributed by atoms with Crippen molar-refractivity contribution in [1.82, 2.24) is 14.9 Å². The van der Waals surface area contributed by atoms with Crippen molar-refractivity contribution in [3.8, 4) is 0 Å². The molecule has 3 rings (SSSR count). The van der Waals surface area contributed by atoms with Gasteiger partial charge in [-0.25, -0.2) is 4.98 Å². The summed E-state index contributed by atoms with van der Waals surface area (Å²) in [5.41, 5.74) is 1.89. The summed E-state index contributed by atoms with van der Waals surface area (Å²) in [7, 11) is 1.70. The van der Waals surface area contributed by atoms with Crippen LogP contribution in [0.5, 0.6) is 0 Å². The molecule has 1 saturated heterocycles. The zero-order chi connectivity index (χ0) is 15.5. The summed E-state index contributed by atoms with van der Waals surface area (Å²) < 4.78 is 2.11. The van der Waals surface area contributed by atoms with Crippen LogP contribution in [0, 0.1) is 0 Å². The Morgan fingerprint density at radius 1 is 1.23 bits per heavy atom. The monoisotopic (exact) mass is 363 g/mol. The average molecular weight is 364 g/mol. The number of anilines is 3. The second-order valence-electron chi connectivity index (χ2n) is 5.24. The van der Waals surface area contributed by atoms with Crippen LogP contribution in [0.2, 0.25) is 0 Å². The Bertz CT molecular complexity index is 707. The van der Waals surface area contributed by atoms with E-state index in [1.165, 1.54) is 10.3 Å². The summed E-state index contributed by atoms with van der Waals surface area (Å²) in [5, 5.41) is 6.42. The molecule has 22 heavy (non-hydrogen) atoms. The second kappa shape index (κ2) is 6.50. The van der Waals surface area contributed by atoms with Crippen LogP contribution >= 0.6 is 15.9 Å². The Balaban J connectivity index is 1.77. The molecule has 0 unspecified atom stereocenters. The van der Waals surface area contributed by atoms with Crippen molar-refractivity contribution < 1.29 is 0 Å². The predicted octanol–water partition coefficient (Wildman–Crippen LogP) is 1.70. The van der Waals surface area contributed by atoms with Gasteiger partial charge in [0, 0.05) is 50.8 Å². The molecule has 2 heterocycles. The Kier molecular flexibility index (Phi) is 4.44. The number of hydrogen-bond donors (Lipinski definition) is 2. The molecular formula is C15H18BrN5O. The van der Waals surface area contributed by atoms with Crippen molar-refractivity contribution in [3.63, 3.8) is 0 Å². The number of halogens is 1. The van der Waals surface area contributed by atoms with Gasteiger partial charge >= 0.3 is 0 Å². The number of piperazine rings is 1. The van der Waals surface area contributed by atoms with Gasteiger partial charge in [-0.1, -0.05) is 0 Å². The van der Waals surface area contributed by atoms with Crippen LogP contribution in [0.25, 0.3) is 0 Å². The van der Waals surface area contributed by atoms with Crippen LogP contribution in [0.4, 0.5) is 17.2 Å². The van der Waals surface area contributed by atoms with E-state index in [4.69, 9.17) is 0 Å². The second-order valence-corrected chi connectivity index (χ2v) is 6.05. The third kappa shape index (κ3) is 3.31. The number of rotatable bonds is 3. The lowest BCUT2D eigenvalue weighted by molar-refractivity contribution is 0.589. The van der Waals surface area contributed by atoms with Crippen molar-refractivity contribution >= 4 is 33.1 Å². The van der Waals surface area contributed by atoms with E-state index in [1.54, 1.807) is 13.2 Å². The number of hydrogen-bond acceptors (Lipinski definition) is 5. The maximum Gasteiger partial charge on any atom is 0.293 e. The summed E-state index contributed by atoms with van der Waals surface area (Å²) >= 11 is 3.30. The van der Waals surface area contributed by atoms with Gasteiger partial charge in [0.2, 0.25) is 0 Å². The van der Waals surface area contributed by atoms with Crippen LogP contribution in [0.1, 0.15) is 0 Å². The first kappa shape index (κ1) is 15.1. The molecule has 0 radical (unpaired) electrons. The van der Waals surface area contributed by atoms with E-state index in [9.17, 15) is 4.79 Å². The lowest BCUT2D eigenvalue weighted by Gasteiger charge is -2.29. The zero-order valence-electron chi connectivity index (χ0n) is 12.3. The Hall–Kier alpha value is -1.86. The zero-order valence-corrected chi connectivity index (χ0v) is 13.9. The molecule has 116 valence electrons. The van der Waals surface area contributed by atoms with E-state index in [0.29, 0.717) is 10.4 Å². The summed E-state index contributed by atoms with van der Waals surface area (Å²) in [6, 6.07) is 8.07. The molecule has 0 bridgehead atoms. The Morgan fingerprint density at radius 2 is 1.91 bits per heavy atom. The molecular weight excluding hydrogens is 346 g/mol. The molecule has 6 nitrogen and oxygen atoms in total. The molecule has 2 aromatic rings. The molecule has 1 fully saturated rings. The Labute approximate surface area is 137 Å². The van der Waals surface area contributed by atoms with Crippen LogP contribution < -0.4 is 21.1 Å². The maximum atomic E-state index is 12.0. The average Bonchev–Trinajstić information content (AvgIpc) is 2.54. The van der Waals surface area contributed by atoms with Crippen molar-refractivity contribution in [3.05, 3.63) is 45.4 Å². The number of nitrogens with zero attached hydrogens (tertiary/aromatic N) is 3. The molecule has 0 spiro atoms. The first-order chi connectivity index (χ1) is 10.6. The van der Waals surface area contributed by atoms with Crippen molar-refractivity contribution in [2.75, 3.05) is 36.4 Å². The van der Waals surface area contributed by atoms with Gasteiger partial charge in [0.25, 0.3) is 5.56 Å². The van der Waals surface area contributed by atoms with E-state index in [-0.39, 0.29) is 5.56 Å². The molecule has 1 aromatic heterocycles. The largest absolute Gasteiger partial charge is 0.369 e. The highest BCUT2D eigenvalue weighted by Gasteiger charge is 2.10. The third-order valence-corrected chi connectivity index (χ3v) is 4.04. The fourth-order valence-electron chi connectivity index (χ4n) is 2.47. The Morgan fingerprint density at radius 3 is 2.59 bits per heavy atom. The topological polar surface area (TPSA) is 62.2 Å². The lowest BCUT2D eigenvalue weighted by atomic mass is 10.2. The number of aromatic nitrogens is 2. The molecule has 0 atom stereocenters. The van der Waals surface area contributed by atoms with E-state index >= 15 is 0 Å². The molecule has 1 aliphatic heterocycles. The lowest BCUT2D eigenvalue weighted by Crippen LogP contribution is -2.43. The van der Waals surface area contributed by atoms with Gasteiger partial charge in [0.05, 0.1) is 0 Å². The number of nitrogens with one attached hydrogen (secondary N) is 2. The summed E-state index contributed by atoms with van der Waals surface area (Å²) in [6.45, 7) is 4.05. The number of benzene rings is 1. The van der Waals surface area contributed by atoms with E-state index in [1.807, 2.05) is 12.1 Å². The van der Waals surface area contributed by atoms with E-state index in [0.717, 1.165) is 31.9 Å². The first-order valence-electron chi connectivity index (χ1n) is 7.19. The molecule has 0 aliphatic carbocycles. The van der Waals surface area contributed by atoms with Gasteiger partial charge in [0.1, 0.15) is 4.60 Å². The fourth-order valence-corrected chi connectivity index (χ4v) is 2.95. The van der Waals surface area contributed by atoms with Crippen molar-refractivity contribution in [2.45, 2.75) is 0 Å². The van der Waals surface area contributed by atoms with Crippen molar-refractivity contribution in [2.24, 2.45) is 7.05 Å². The minimum Gasteiger partial charge on any atom is -0.369 e.